The number of likely N-dealkylation sites (tertiary alicyclic amines) is 2. The Bertz CT molecular complexity index is 465. The summed E-state index contributed by atoms with van der Waals surface area (Å²) in [6.45, 7) is 8.39. The number of hydrogen-bond acceptors (Lipinski definition) is 3. The Balaban J connectivity index is 0.00000192. The minimum absolute atomic E-state index is 0. The van der Waals surface area contributed by atoms with Crippen molar-refractivity contribution in [2.75, 3.05) is 39.3 Å². The van der Waals surface area contributed by atoms with Gasteiger partial charge in [0.15, 0.2) is 5.96 Å². The lowest BCUT2D eigenvalue weighted by molar-refractivity contribution is 0.220. The third-order valence-electron chi connectivity index (χ3n) is 4.61. The summed E-state index contributed by atoms with van der Waals surface area (Å²) in [4.78, 5) is 9.82. The van der Waals surface area contributed by atoms with Crippen LogP contribution < -0.4 is 5.32 Å². The van der Waals surface area contributed by atoms with E-state index in [1.807, 2.05) is 6.07 Å². The van der Waals surface area contributed by atoms with Crippen LogP contribution in [0.3, 0.4) is 0 Å². The predicted octanol–water partition coefficient (Wildman–Crippen LogP) is 3.10. The van der Waals surface area contributed by atoms with Gasteiger partial charge in [-0.1, -0.05) is 0 Å². The normalized spacial score (nSPS) is 20.6. The van der Waals surface area contributed by atoms with Crippen molar-refractivity contribution in [3.05, 3.63) is 24.2 Å². The molecule has 1 aromatic heterocycles. The third kappa shape index (κ3) is 4.86. The summed E-state index contributed by atoms with van der Waals surface area (Å²) in [5.74, 6) is 2.11. The van der Waals surface area contributed by atoms with Crippen molar-refractivity contribution in [3.63, 3.8) is 0 Å². The number of nitrogens with zero attached hydrogens (tertiary/aromatic N) is 3. The van der Waals surface area contributed by atoms with Crippen LogP contribution in [0.25, 0.3) is 0 Å². The Morgan fingerprint density at radius 1 is 1.22 bits per heavy atom. The highest BCUT2D eigenvalue weighted by molar-refractivity contribution is 14.0. The Labute approximate surface area is 156 Å². The highest BCUT2D eigenvalue weighted by Gasteiger charge is 2.26. The smallest absolute Gasteiger partial charge is 0.193 e. The highest BCUT2D eigenvalue weighted by Crippen LogP contribution is 2.26. The van der Waals surface area contributed by atoms with E-state index in [2.05, 4.69) is 28.1 Å². The maximum atomic E-state index is 5.68. The van der Waals surface area contributed by atoms with Gasteiger partial charge in [0.05, 0.1) is 18.8 Å². The van der Waals surface area contributed by atoms with E-state index < -0.39 is 0 Å². The first-order valence-electron chi connectivity index (χ1n) is 8.69. The minimum Gasteiger partial charge on any atom is -0.468 e. The molecule has 1 aromatic rings. The molecule has 3 rings (SSSR count). The number of aliphatic imine (C=N–C) groups is 1. The van der Waals surface area contributed by atoms with E-state index in [1.165, 1.54) is 25.7 Å². The molecule has 2 saturated heterocycles. The van der Waals surface area contributed by atoms with Gasteiger partial charge >= 0.3 is 0 Å². The minimum atomic E-state index is 0. The van der Waals surface area contributed by atoms with Gasteiger partial charge in [0.1, 0.15) is 5.76 Å². The quantitative estimate of drug-likeness (QED) is 0.441. The van der Waals surface area contributed by atoms with Crippen LogP contribution in [0.1, 0.15) is 44.4 Å². The summed E-state index contributed by atoms with van der Waals surface area (Å²) in [5.41, 5.74) is 0. The highest BCUT2D eigenvalue weighted by atomic mass is 127. The summed E-state index contributed by atoms with van der Waals surface area (Å²) in [6.07, 6.45) is 6.89. The second-order valence-electron chi connectivity index (χ2n) is 6.16. The molecule has 0 saturated carbocycles. The van der Waals surface area contributed by atoms with Gasteiger partial charge in [-0.3, -0.25) is 9.89 Å². The number of rotatable bonds is 5. The van der Waals surface area contributed by atoms with E-state index in [9.17, 15) is 0 Å². The van der Waals surface area contributed by atoms with E-state index in [0.717, 1.165) is 51.0 Å². The van der Waals surface area contributed by atoms with Gasteiger partial charge in [-0.25, -0.2) is 0 Å². The Kier molecular flexibility index (Phi) is 7.69. The molecule has 5 nitrogen and oxygen atoms in total. The molecular weight excluding hydrogens is 403 g/mol. The van der Waals surface area contributed by atoms with E-state index in [4.69, 9.17) is 9.41 Å². The largest absolute Gasteiger partial charge is 0.468 e. The molecule has 2 aliphatic heterocycles. The molecule has 0 bridgehead atoms. The van der Waals surface area contributed by atoms with Gasteiger partial charge in [0.25, 0.3) is 0 Å². The third-order valence-corrected chi connectivity index (χ3v) is 4.61. The monoisotopic (exact) mass is 432 g/mol. The van der Waals surface area contributed by atoms with E-state index in [-0.39, 0.29) is 30.0 Å². The van der Waals surface area contributed by atoms with Crippen LogP contribution in [0, 0.1) is 0 Å². The summed E-state index contributed by atoms with van der Waals surface area (Å²) < 4.78 is 5.68. The first-order valence-corrected chi connectivity index (χ1v) is 8.69. The standard InChI is InChI=1S/C17H28N4O.HI/c1-2-18-17(21-11-5-6-12-21)19-14-15(16-8-7-13-22-16)20-9-3-4-10-20;/h7-8,13,15H,2-6,9-12,14H2,1H3,(H,18,19);1H. The van der Waals surface area contributed by atoms with Crippen molar-refractivity contribution < 1.29 is 4.42 Å². The van der Waals surface area contributed by atoms with Crippen molar-refractivity contribution in [2.24, 2.45) is 4.99 Å². The van der Waals surface area contributed by atoms with Gasteiger partial charge in [-0.2, -0.15) is 0 Å². The van der Waals surface area contributed by atoms with E-state index in [0.29, 0.717) is 0 Å². The molecule has 2 fully saturated rings. The second-order valence-corrected chi connectivity index (χ2v) is 6.16. The van der Waals surface area contributed by atoms with Crippen LogP contribution in [0.2, 0.25) is 0 Å². The summed E-state index contributed by atoms with van der Waals surface area (Å²) in [6, 6.07) is 4.34. The summed E-state index contributed by atoms with van der Waals surface area (Å²) >= 11 is 0. The molecule has 0 spiro atoms. The summed E-state index contributed by atoms with van der Waals surface area (Å²) in [5, 5.41) is 3.44. The molecule has 0 amide bonds. The molecule has 1 N–H and O–H groups in total. The molecule has 23 heavy (non-hydrogen) atoms. The Hall–Kier alpha value is -0.760. The number of halogens is 1. The zero-order chi connectivity index (χ0) is 15.2. The van der Waals surface area contributed by atoms with Crippen LogP contribution in [0.4, 0.5) is 0 Å². The SMILES string of the molecule is CCNC(=NCC(c1ccco1)N1CCCC1)N1CCCC1.I. The van der Waals surface area contributed by atoms with Gasteiger partial charge in [0.2, 0.25) is 0 Å². The predicted molar refractivity (Wildman–Crippen MR) is 104 cm³/mol. The molecule has 1 unspecified atom stereocenters. The van der Waals surface area contributed by atoms with Crippen molar-refractivity contribution >= 4 is 29.9 Å². The molecule has 3 heterocycles. The lowest BCUT2D eigenvalue weighted by Crippen LogP contribution is -2.40. The molecule has 0 aromatic carbocycles. The van der Waals surface area contributed by atoms with Crippen molar-refractivity contribution in [1.29, 1.82) is 0 Å². The first kappa shape index (κ1) is 18.6. The zero-order valence-corrected chi connectivity index (χ0v) is 16.4. The van der Waals surface area contributed by atoms with Gasteiger partial charge in [0, 0.05) is 19.6 Å². The van der Waals surface area contributed by atoms with Crippen LogP contribution in [-0.4, -0.2) is 55.0 Å². The lowest BCUT2D eigenvalue weighted by Gasteiger charge is -2.26. The number of hydrogen-bond donors (Lipinski definition) is 1. The fraction of sp³-hybridized carbons (Fsp3) is 0.706. The van der Waals surface area contributed by atoms with Crippen molar-refractivity contribution in [2.45, 2.75) is 38.6 Å². The Morgan fingerprint density at radius 2 is 1.91 bits per heavy atom. The maximum Gasteiger partial charge on any atom is 0.193 e. The van der Waals surface area contributed by atoms with Gasteiger partial charge in [-0.15, -0.1) is 24.0 Å². The average Bonchev–Trinajstić information content (AvgIpc) is 3.28. The summed E-state index contributed by atoms with van der Waals surface area (Å²) in [7, 11) is 0. The van der Waals surface area contributed by atoms with Gasteiger partial charge in [-0.05, 0) is 57.8 Å². The number of nitrogens with one attached hydrogen (secondary N) is 1. The number of furan rings is 1. The number of guanidine groups is 1. The van der Waals surface area contributed by atoms with Gasteiger partial charge < -0.3 is 14.6 Å². The Morgan fingerprint density at radius 3 is 2.52 bits per heavy atom. The van der Waals surface area contributed by atoms with Crippen molar-refractivity contribution in [1.82, 2.24) is 15.1 Å². The zero-order valence-electron chi connectivity index (χ0n) is 14.0. The fourth-order valence-electron chi connectivity index (χ4n) is 3.45. The fourth-order valence-corrected chi connectivity index (χ4v) is 3.45. The topological polar surface area (TPSA) is 44.0 Å². The lowest BCUT2D eigenvalue weighted by atomic mass is 10.2. The van der Waals surface area contributed by atoms with E-state index >= 15 is 0 Å². The molecule has 1 atom stereocenters. The molecule has 2 aliphatic rings. The van der Waals surface area contributed by atoms with E-state index in [1.54, 1.807) is 6.26 Å². The molecular formula is C17H29IN4O. The molecule has 130 valence electrons. The first-order chi connectivity index (χ1) is 10.9. The van der Waals surface area contributed by atoms with Crippen LogP contribution in [0.15, 0.2) is 27.8 Å². The molecule has 6 heteroatoms. The van der Waals surface area contributed by atoms with Crippen LogP contribution >= 0.6 is 24.0 Å². The molecule has 0 radical (unpaired) electrons. The molecule has 0 aliphatic carbocycles. The average molecular weight is 432 g/mol. The van der Waals surface area contributed by atoms with Crippen LogP contribution in [-0.2, 0) is 0 Å². The van der Waals surface area contributed by atoms with Crippen LogP contribution in [0.5, 0.6) is 0 Å². The maximum absolute atomic E-state index is 5.68. The van der Waals surface area contributed by atoms with Crippen molar-refractivity contribution in [3.8, 4) is 0 Å². The second kappa shape index (κ2) is 9.52.